The Morgan fingerprint density at radius 2 is 2.10 bits per heavy atom. The fourth-order valence-corrected chi connectivity index (χ4v) is 9.84. The number of hydrogen-bond donors (Lipinski definition) is 1. The number of piperidine rings is 1. The zero-order valence-electron chi connectivity index (χ0n) is 24.5. The smallest absolute Gasteiger partial charge is 0.308 e. The van der Waals surface area contributed by atoms with Gasteiger partial charge in [0.1, 0.15) is 11.9 Å². The van der Waals surface area contributed by atoms with Gasteiger partial charge in [0.2, 0.25) is 5.91 Å². The Labute approximate surface area is 260 Å². The first-order valence-electron chi connectivity index (χ1n) is 15.4. The van der Waals surface area contributed by atoms with E-state index in [9.17, 15) is 14.7 Å². The fourth-order valence-electron chi connectivity index (χ4n) is 8.51. The Morgan fingerprint density at radius 3 is 2.79 bits per heavy atom. The van der Waals surface area contributed by atoms with E-state index in [1.807, 2.05) is 22.4 Å². The average Bonchev–Trinajstić information content (AvgIpc) is 3.55. The number of ether oxygens (including phenoxy) is 2. The minimum absolute atomic E-state index is 0.00515. The van der Waals surface area contributed by atoms with Crippen LogP contribution in [0.2, 0.25) is 0 Å². The maximum atomic E-state index is 14.0. The molecule has 1 saturated heterocycles. The number of nitrogens with zero attached hydrogens (tertiary/aromatic N) is 2. The minimum atomic E-state index is -0.440. The van der Waals surface area contributed by atoms with Crippen LogP contribution in [0.5, 0.6) is 17.2 Å². The van der Waals surface area contributed by atoms with Gasteiger partial charge in [-0.05, 0) is 90.9 Å². The maximum absolute atomic E-state index is 14.0. The second-order valence-electron chi connectivity index (χ2n) is 13.3. The molecule has 3 fully saturated rings. The van der Waals surface area contributed by atoms with Crippen molar-refractivity contribution in [2.75, 3.05) is 19.6 Å². The van der Waals surface area contributed by atoms with Gasteiger partial charge in [0, 0.05) is 69.5 Å². The molecule has 0 unspecified atom stereocenters. The summed E-state index contributed by atoms with van der Waals surface area (Å²) in [4.78, 5) is 31.8. The Morgan fingerprint density at radius 1 is 1.29 bits per heavy atom. The van der Waals surface area contributed by atoms with Gasteiger partial charge in [-0.1, -0.05) is 13.8 Å². The van der Waals surface area contributed by atoms with E-state index in [2.05, 4.69) is 34.7 Å². The molecule has 5 aliphatic rings. The summed E-state index contributed by atoms with van der Waals surface area (Å²) in [6.07, 6.45) is 9.52. The molecule has 1 aromatic heterocycles. The molecule has 42 heavy (non-hydrogen) atoms. The largest absolute Gasteiger partial charge is 0.508 e. The van der Waals surface area contributed by atoms with Crippen molar-refractivity contribution in [2.45, 2.75) is 82.9 Å². The molecule has 2 bridgehead atoms. The molecule has 2 saturated carbocycles. The van der Waals surface area contributed by atoms with E-state index in [0.29, 0.717) is 30.0 Å². The summed E-state index contributed by atoms with van der Waals surface area (Å²) in [5.74, 6) is 2.08. The van der Waals surface area contributed by atoms with E-state index < -0.39 is 5.97 Å². The van der Waals surface area contributed by atoms with Crippen LogP contribution in [-0.2, 0) is 21.4 Å². The van der Waals surface area contributed by atoms with Gasteiger partial charge in [-0.15, -0.1) is 11.3 Å². The molecule has 1 spiro atoms. The standard InChI is InChI=1S/C33H39BrN2O5S/c1-18(2)15-36(29(39)9-6-22-12-21(34)17-42-22)25-8-7-24-26-13-23-27(38)14-28(40-19(3)37)31-30(23)33(24,32(25)41-31)10-11-35(26)16-20-4-5-20/h6,9,12,14,17-18,20,24-26,32,38H,4-5,7-8,10-11,13,15-16H2,1-3H3/b9-6+/t24-,25-,26+,32-,33-/m0/s1. The molecule has 7 nitrogen and oxygen atoms in total. The van der Waals surface area contributed by atoms with E-state index in [1.54, 1.807) is 23.5 Å². The van der Waals surface area contributed by atoms with Crippen molar-refractivity contribution in [3.8, 4) is 17.2 Å². The van der Waals surface area contributed by atoms with Crippen LogP contribution in [-0.4, -0.2) is 64.6 Å². The number of thiophene rings is 1. The molecule has 5 atom stereocenters. The van der Waals surface area contributed by atoms with Crippen LogP contribution < -0.4 is 9.47 Å². The van der Waals surface area contributed by atoms with Gasteiger partial charge in [-0.25, -0.2) is 0 Å². The van der Waals surface area contributed by atoms with Crippen LogP contribution in [0.3, 0.4) is 0 Å². The van der Waals surface area contributed by atoms with Gasteiger partial charge < -0.3 is 19.5 Å². The second kappa shape index (κ2) is 10.7. The van der Waals surface area contributed by atoms with E-state index in [4.69, 9.17) is 9.47 Å². The number of esters is 1. The molecule has 1 aromatic carbocycles. The summed E-state index contributed by atoms with van der Waals surface area (Å²) in [6.45, 7) is 8.41. The molecule has 3 aliphatic carbocycles. The van der Waals surface area contributed by atoms with Gasteiger partial charge in [-0.3, -0.25) is 14.5 Å². The molecular formula is C33H39BrN2O5S. The Hall–Kier alpha value is -2.36. The maximum Gasteiger partial charge on any atom is 0.308 e. The van der Waals surface area contributed by atoms with Crippen LogP contribution in [0, 0.1) is 17.8 Å². The van der Waals surface area contributed by atoms with E-state index in [-0.39, 0.29) is 35.1 Å². The number of halogens is 1. The molecule has 0 radical (unpaired) electrons. The first kappa shape index (κ1) is 28.4. The summed E-state index contributed by atoms with van der Waals surface area (Å²) in [5.41, 5.74) is 1.65. The van der Waals surface area contributed by atoms with Crippen molar-refractivity contribution < 1.29 is 24.2 Å². The SMILES string of the molecule is CC(=O)Oc1cc(O)c2c3c1O[C@H]1[C@@H](N(CC(C)C)C(=O)/C=C/c4cc(Br)cs4)CC[C@H]4[C@@H](C2)N(CC2CC2)CC[C@@]341. The molecule has 1 amide bonds. The average molecular weight is 656 g/mol. The van der Waals surface area contributed by atoms with Crippen molar-refractivity contribution in [1.29, 1.82) is 0 Å². The fraction of sp³-hybridized carbons (Fsp3) is 0.576. The first-order valence-corrected chi connectivity index (χ1v) is 17.0. The van der Waals surface area contributed by atoms with Crippen molar-refractivity contribution in [1.82, 2.24) is 9.80 Å². The lowest BCUT2D eigenvalue weighted by Crippen LogP contribution is -2.69. The zero-order chi connectivity index (χ0) is 29.3. The number of carbonyl (C=O) groups excluding carboxylic acids is 2. The van der Waals surface area contributed by atoms with Crippen molar-refractivity contribution in [2.24, 2.45) is 17.8 Å². The lowest BCUT2D eigenvalue weighted by molar-refractivity contribution is -0.138. The van der Waals surface area contributed by atoms with E-state index in [1.165, 1.54) is 19.8 Å². The summed E-state index contributed by atoms with van der Waals surface area (Å²) in [5, 5.41) is 13.4. The molecular weight excluding hydrogens is 616 g/mol. The van der Waals surface area contributed by atoms with Crippen LogP contribution in [0.15, 0.2) is 28.1 Å². The van der Waals surface area contributed by atoms with Gasteiger partial charge in [0.15, 0.2) is 11.5 Å². The van der Waals surface area contributed by atoms with Gasteiger partial charge >= 0.3 is 5.97 Å². The summed E-state index contributed by atoms with van der Waals surface area (Å²) in [7, 11) is 0. The zero-order valence-corrected chi connectivity index (χ0v) is 26.9. The highest BCUT2D eigenvalue weighted by molar-refractivity contribution is 9.10. The van der Waals surface area contributed by atoms with Crippen LogP contribution in [0.4, 0.5) is 0 Å². The van der Waals surface area contributed by atoms with Crippen LogP contribution in [0.1, 0.15) is 68.9 Å². The molecule has 3 heterocycles. The van der Waals surface area contributed by atoms with E-state index in [0.717, 1.165) is 65.2 Å². The molecule has 1 N–H and O–H groups in total. The van der Waals surface area contributed by atoms with Gasteiger partial charge in [0.05, 0.1) is 6.04 Å². The number of aromatic hydroxyl groups is 1. The Balaban J connectivity index is 1.30. The molecule has 7 rings (SSSR count). The van der Waals surface area contributed by atoms with Crippen molar-refractivity contribution >= 4 is 45.2 Å². The molecule has 224 valence electrons. The summed E-state index contributed by atoms with van der Waals surface area (Å²) in [6, 6.07) is 3.79. The summed E-state index contributed by atoms with van der Waals surface area (Å²) >= 11 is 5.11. The lowest BCUT2D eigenvalue weighted by Gasteiger charge is -2.60. The topological polar surface area (TPSA) is 79.3 Å². The number of benzene rings is 1. The highest BCUT2D eigenvalue weighted by Crippen LogP contribution is 2.66. The Bertz CT molecular complexity index is 1450. The number of hydrogen-bond acceptors (Lipinski definition) is 7. The van der Waals surface area contributed by atoms with Crippen molar-refractivity contribution in [3.05, 3.63) is 44.1 Å². The highest BCUT2D eigenvalue weighted by Gasteiger charge is 2.67. The number of likely N-dealkylation sites (tertiary alicyclic amines) is 1. The Kier molecular flexibility index (Phi) is 7.22. The number of phenolic OH excluding ortho intramolecular Hbond substituents is 1. The minimum Gasteiger partial charge on any atom is -0.508 e. The molecule has 2 aliphatic heterocycles. The highest BCUT2D eigenvalue weighted by atomic mass is 79.9. The predicted octanol–water partition coefficient (Wildman–Crippen LogP) is 6.16. The van der Waals surface area contributed by atoms with E-state index >= 15 is 0 Å². The number of rotatable bonds is 8. The number of phenols is 1. The lowest BCUT2D eigenvalue weighted by atomic mass is 9.50. The van der Waals surface area contributed by atoms with Gasteiger partial charge in [0.25, 0.3) is 0 Å². The van der Waals surface area contributed by atoms with Gasteiger partial charge in [-0.2, -0.15) is 0 Å². The molecule has 2 aromatic rings. The number of carbonyl (C=O) groups is 2. The summed E-state index contributed by atoms with van der Waals surface area (Å²) < 4.78 is 13.6. The normalized spacial score (nSPS) is 29.5. The van der Waals surface area contributed by atoms with Crippen LogP contribution >= 0.6 is 27.3 Å². The predicted molar refractivity (Wildman–Crippen MR) is 166 cm³/mol. The third-order valence-electron chi connectivity index (χ3n) is 10.2. The number of amides is 1. The third kappa shape index (κ3) is 4.70. The first-order chi connectivity index (χ1) is 20.2. The third-order valence-corrected chi connectivity index (χ3v) is 11.8. The monoisotopic (exact) mass is 654 g/mol. The molecule has 9 heteroatoms. The van der Waals surface area contributed by atoms with Crippen LogP contribution in [0.25, 0.3) is 6.08 Å². The van der Waals surface area contributed by atoms with Crippen molar-refractivity contribution in [3.63, 3.8) is 0 Å². The second-order valence-corrected chi connectivity index (χ2v) is 15.2. The quantitative estimate of drug-likeness (QED) is 0.209.